The number of nitrogens with zero attached hydrogens (tertiary/aromatic N) is 5. The van der Waals surface area contributed by atoms with Gasteiger partial charge in [0.05, 0.1) is 11.4 Å². The maximum Gasteiger partial charge on any atom is 0.233 e. The third-order valence-electron chi connectivity index (χ3n) is 3.69. The van der Waals surface area contributed by atoms with Crippen molar-refractivity contribution < 1.29 is 9.18 Å². The Balaban J connectivity index is 1.51. The van der Waals surface area contributed by atoms with E-state index >= 15 is 0 Å². The van der Waals surface area contributed by atoms with Crippen LogP contribution in [0.1, 0.15) is 0 Å². The average Bonchev–Trinajstić information content (AvgIpc) is 2.98. The molecule has 2 heterocycles. The topological polar surface area (TPSA) is 80.3 Å². The lowest BCUT2D eigenvalue weighted by molar-refractivity contribution is -0.128. The largest absolute Gasteiger partial charge is 0.366 e. The van der Waals surface area contributed by atoms with Crippen molar-refractivity contribution >= 4 is 23.4 Å². The number of aromatic nitrogens is 3. The standard InChI is InChI=1S/C14H17FN6OS/c15-11-3-1-2-4-12(11)19-5-7-20(8-6-19)13(22)9-23-14-18-17-10-21(14)16/h1-4,10H,5-9,16H2. The van der Waals surface area contributed by atoms with Crippen LogP contribution in [0.2, 0.25) is 0 Å². The Morgan fingerprint density at radius 1 is 1.26 bits per heavy atom. The van der Waals surface area contributed by atoms with Gasteiger partial charge in [0, 0.05) is 26.2 Å². The highest BCUT2D eigenvalue weighted by molar-refractivity contribution is 7.99. The Hall–Kier alpha value is -2.29. The van der Waals surface area contributed by atoms with E-state index in [2.05, 4.69) is 10.2 Å². The van der Waals surface area contributed by atoms with Gasteiger partial charge in [0.2, 0.25) is 11.1 Å². The fraction of sp³-hybridized carbons (Fsp3) is 0.357. The van der Waals surface area contributed by atoms with Crippen molar-refractivity contribution in [2.24, 2.45) is 0 Å². The molecule has 0 aliphatic carbocycles. The molecule has 0 spiro atoms. The number of rotatable bonds is 4. The molecule has 1 aliphatic rings. The molecule has 122 valence electrons. The van der Waals surface area contributed by atoms with E-state index in [1.165, 1.54) is 28.8 Å². The number of amides is 1. The molecular formula is C14H17FN6OS. The van der Waals surface area contributed by atoms with Crippen molar-refractivity contribution in [1.29, 1.82) is 0 Å². The summed E-state index contributed by atoms with van der Waals surface area (Å²) in [5.41, 5.74) is 0.588. The van der Waals surface area contributed by atoms with Crippen LogP contribution in [0.5, 0.6) is 0 Å². The molecular weight excluding hydrogens is 319 g/mol. The van der Waals surface area contributed by atoms with E-state index in [1.807, 2.05) is 11.0 Å². The zero-order valence-corrected chi connectivity index (χ0v) is 13.2. The van der Waals surface area contributed by atoms with Crippen LogP contribution in [0.4, 0.5) is 10.1 Å². The van der Waals surface area contributed by atoms with E-state index in [0.717, 1.165) is 0 Å². The summed E-state index contributed by atoms with van der Waals surface area (Å²) in [6.45, 7) is 2.38. The number of hydrogen-bond donors (Lipinski definition) is 1. The highest BCUT2D eigenvalue weighted by atomic mass is 32.2. The minimum absolute atomic E-state index is 0.0196. The first-order valence-corrected chi connectivity index (χ1v) is 8.19. The van der Waals surface area contributed by atoms with Crippen LogP contribution in [-0.4, -0.2) is 57.6 Å². The van der Waals surface area contributed by atoms with E-state index in [9.17, 15) is 9.18 Å². The summed E-state index contributed by atoms with van der Waals surface area (Å²) in [5.74, 6) is 5.65. The Morgan fingerprint density at radius 3 is 2.65 bits per heavy atom. The summed E-state index contributed by atoms with van der Waals surface area (Å²) in [7, 11) is 0. The quantitative estimate of drug-likeness (QED) is 0.650. The smallest absolute Gasteiger partial charge is 0.233 e. The molecule has 1 amide bonds. The molecule has 0 bridgehead atoms. The molecule has 1 aromatic heterocycles. The van der Waals surface area contributed by atoms with Crippen LogP contribution >= 0.6 is 11.8 Å². The van der Waals surface area contributed by atoms with Gasteiger partial charge in [-0.1, -0.05) is 23.9 Å². The summed E-state index contributed by atoms with van der Waals surface area (Å²) in [4.78, 5) is 16.0. The SMILES string of the molecule is Nn1cnnc1SCC(=O)N1CCN(c2ccccc2F)CC1. The van der Waals surface area contributed by atoms with Gasteiger partial charge >= 0.3 is 0 Å². The second-order valence-electron chi connectivity index (χ2n) is 5.13. The van der Waals surface area contributed by atoms with Gasteiger partial charge < -0.3 is 15.6 Å². The number of thioether (sulfide) groups is 1. The van der Waals surface area contributed by atoms with Crippen molar-refractivity contribution in [2.45, 2.75) is 5.16 Å². The van der Waals surface area contributed by atoms with Gasteiger partial charge in [-0.2, -0.15) is 0 Å². The lowest BCUT2D eigenvalue weighted by Crippen LogP contribution is -2.49. The highest BCUT2D eigenvalue weighted by Gasteiger charge is 2.23. The second-order valence-corrected chi connectivity index (χ2v) is 6.07. The third-order valence-corrected chi connectivity index (χ3v) is 4.63. The van der Waals surface area contributed by atoms with E-state index < -0.39 is 0 Å². The van der Waals surface area contributed by atoms with Gasteiger partial charge in [0.25, 0.3) is 0 Å². The van der Waals surface area contributed by atoms with Gasteiger partial charge in [-0.15, -0.1) is 10.2 Å². The minimum Gasteiger partial charge on any atom is -0.366 e. The normalized spacial score (nSPS) is 15.0. The zero-order chi connectivity index (χ0) is 16.2. The fourth-order valence-corrected chi connectivity index (χ4v) is 3.19. The molecule has 2 N–H and O–H groups in total. The number of carbonyl (C=O) groups is 1. The number of hydrogen-bond acceptors (Lipinski definition) is 6. The molecule has 1 aromatic carbocycles. The first kappa shape index (κ1) is 15.6. The Kier molecular flexibility index (Phi) is 4.65. The number of carbonyl (C=O) groups excluding carboxylic acids is 1. The van der Waals surface area contributed by atoms with E-state index in [4.69, 9.17) is 5.84 Å². The fourth-order valence-electron chi connectivity index (χ4n) is 2.46. The first-order chi connectivity index (χ1) is 11.1. The summed E-state index contributed by atoms with van der Waals surface area (Å²) < 4.78 is 15.1. The molecule has 23 heavy (non-hydrogen) atoms. The van der Waals surface area contributed by atoms with Crippen molar-refractivity contribution in [2.75, 3.05) is 42.7 Å². The predicted molar refractivity (Wildman–Crippen MR) is 86.1 cm³/mol. The second kappa shape index (κ2) is 6.86. The molecule has 0 unspecified atom stereocenters. The van der Waals surface area contributed by atoms with Crippen molar-refractivity contribution in [3.8, 4) is 0 Å². The maximum absolute atomic E-state index is 13.8. The predicted octanol–water partition coefficient (Wildman–Crippen LogP) is 0.572. The molecule has 0 radical (unpaired) electrons. The molecule has 9 heteroatoms. The number of halogens is 1. The van der Waals surface area contributed by atoms with E-state index in [1.54, 1.807) is 17.0 Å². The van der Waals surface area contributed by atoms with E-state index in [0.29, 0.717) is 37.0 Å². The van der Waals surface area contributed by atoms with Gasteiger partial charge in [-0.25, -0.2) is 9.07 Å². The summed E-state index contributed by atoms with van der Waals surface area (Å²) in [6.07, 6.45) is 1.39. The minimum atomic E-state index is -0.231. The molecule has 1 fully saturated rings. The Labute approximate surface area is 137 Å². The molecule has 0 atom stereocenters. The van der Waals surface area contributed by atoms with Crippen LogP contribution in [0.15, 0.2) is 35.7 Å². The molecule has 3 rings (SSSR count). The number of nitrogens with two attached hydrogens (primary N) is 1. The van der Waals surface area contributed by atoms with Crippen LogP contribution in [0, 0.1) is 5.82 Å². The van der Waals surface area contributed by atoms with Crippen LogP contribution < -0.4 is 10.7 Å². The molecule has 2 aromatic rings. The average molecular weight is 336 g/mol. The zero-order valence-electron chi connectivity index (χ0n) is 12.4. The van der Waals surface area contributed by atoms with E-state index in [-0.39, 0.29) is 17.5 Å². The number of anilines is 1. The maximum atomic E-state index is 13.8. The molecule has 7 nitrogen and oxygen atoms in total. The van der Waals surface area contributed by atoms with Crippen molar-refractivity contribution in [3.05, 3.63) is 36.4 Å². The summed E-state index contributed by atoms with van der Waals surface area (Å²) in [6, 6.07) is 6.70. The molecule has 0 saturated carbocycles. The lowest BCUT2D eigenvalue weighted by Gasteiger charge is -2.36. The van der Waals surface area contributed by atoms with Gasteiger partial charge in [-0.3, -0.25) is 4.79 Å². The molecule has 1 aliphatic heterocycles. The highest BCUT2D eigenvalue weighted by Crippen LogP contribution is 2.21. The van der Waals surface area contributed by atoms with Crippen LogP contribution in [0.3, 0.4) is 0 Å². The first-order valence-electron chi connectivity index (χ1n) is 7.20. The molecule has 1 saturated heterocycles. The number of nitrogen functional groups attached to an aromatic ring is 1. The van der Waals surface area contributed by atoms with Crippen LogP contribution in [-0.2, 0) is 4.79 Å². The summed E-state index contributed by atoms with van der Waals surface area (Å²) in [5, 5.41) is 7.99. The van der Waals surface area contributed by atoms with Crippen molar-refractivity contribution in [3.63, 3.8) is 0 Å². The van der Waals surface area contributed by atoms with Gasteiger partial charge in [-0.05, 0) is 12.1 Å². The lowest BCUT2D eigenvalue weighted by atomic mass is 10.2. The Bertz CT molecular complexity index is 685. The van der Waals surface area contributed by atoms with Gasteiger partial charge in [0.1, 0.15) is 12.1 Å². The number of benzene rings is 1. The van der Waals surface area contributed by atoms with Gasteiger partial charge in [0.15, 0.2) is 0 Å². The van der Waals surface area contributed by atoms with Crippen LogP contribution in [0.25, 0.3) is 0 Å². The Morgan fingerprint density at radius 2 is 2.00 bits per heavy atom. The monoisotopic (exact) mass is 336 g/mol. The summed E-state index contributed by atoms with van der Waals surface area (Å²) >= 11 is 1.25. The number of piperazine rings is 1. The number of para-hydroxylation sites is 1. The van der Waals surface area contributed by atoms with Crippen molar-refractivity contribution in [1.82, 2.24) is 19.8 Å². The third kappa shape index (κ3) is 3.55.